The molecule has 0 aliphatic rings. The third-order valence-electron chi connectivity index (χ3n) is 2.31. The van der Waals surface area contributed by atoms with Crippen LogP contribution in [0.4, 0.5) is 0 Å². The zero-order chi connectivity index (χ0) is 11.5. The highest BCUT2D eigenvalue weighted by molar-refractivity contribution is 9.10. The van der Waals surface area contributed by atoms with Crippen LogP contribution in [0.15, 0.2) is 28.9 Å². The number of rotatable bonds is 3. The normalized spacial score (nSPS) is 10.7. The molecule has 0 fully saturated rings. The first-order chi connectivity index (χ1) is 7.70. The second kappa shape index (κ2) is 5.10. The topological polar surface area (TPSA) is 30.7 Å². The van der Waals surface area contributed by atoms with E-state index in [0.717, 1.165) is 27.6 Å². The van der Waals surface area contributed by atoms with Gasteiger partial charge in [0, 0.05) is 16.2 Å². The van der Waals surface area contributed by atoms with Crippen LogP contribution in [0.2, 0.25) is 0 Å². The van der Waals surface area contributed by atoms with Gasteiger partial charge in [-0.05, 0) is 24.6 Å². The fourth-order valence-corrected chi connectivity index (χ4v) is 2.21. The van der Waals surface area contributed by atoms with Gasteiger partial charge in [0.25, 0.3) is 0 Å². The van der Waals surface area contributed by atoms with Crippen LogP contribution >= 0.6 is 31.9 Å². The van der Waals surface area contributed by atoms with Crippen molar-refractivity contribution in [2.75, 3.05) is 5.33 Å². The summed E-state index contributed by atoms with van der Waals surface area (Å²) in [6.07, 6.45) is 2.86. The van der Waals surface area contributed by atoms with Crippen molar-refractivity contribution in [3.05, 3.63) is 40.1 Å². The number of aryl methyl sites for hydroxylation is 2. The van der Waals surface area contributed by atoms with Crippen LogP contribution < -0.4 is 0 Å². The summed E-state index contributed by atoms with van der Waals surface area (Å²) in [6.45, 7) is 2.06. The highest BCUT2D eigenvalue weighted by Crippen LogP contribution is 2.19. The average molecular weight is 345 g/mol. The second-order valence-corrected chi connectivity index (χ2v) is 5.23. The van der Waals surface area contributed by atoms with Gasteiger partial charge in [0.1, 0.15) is 0 Å². The molecule has 0 unspecified atom stereocenters. The molecule has 3 nitrogen and oxygen atoms in total. The minimum atomic E-state index is 0.896. The molecule has 2 rings (SSSR count). The predicted octanol–water partition coefficient (Wildman–Crippen LogP) is 3.28. The first-order valence-electron chi connectivity index (χ1n) is 4.94. The Bertz CT molecular complexity index is 494. The Hall–Kier alpha value is -0.680. The van der Waals surface area contributed by atoms with Gasteiger partial charge < -0.3 is 0 Å². The van der Waals surface area contributed by atoms with Crippen molar-refractivity contribution in [1.82, 2.24) is 15.0 Å². The summed E-state index contributed by atoms with van der Waals surface area (Å²) in [5.74, 6) is 0. The summed E-state index contributed by atoms with van der Waals surface area (Å²) < 4.78 is 2.86. The zero-order valence-electron chi connectivity index (χ0n) is 8.82. The molecule has 0 saturated carbocycles. The van der Waals surface area contributed by atoms with E-state index in [0.29, 0.717) is 0 Å². The van der Waals surface area contributed by atoms with Gasteiger partial charge in [-0.15, -0.1) is 5.10 Å². The van der Waals surface area contributed by atoms with Crippen LogP contribution in [-0.2, 0) is 6.42 Å². The summed E-state index contributed by atoms with van der Waals surface area (Å²) in [5, 5.41) is 9.16. The molecule has 0 saturated heterocycles. The van der Waals surface area contributed by atoms with Crippen LogP contribution in [0.3, 0.4) is 0 Å². The van der Waals surface area contributed by atoms with Crippen molar-refractivity contribution < 1.29 is 0 Å². The van der Waals surface area contributed by atoms with Crippen molar-refractivity contribution in [3.63, 3.8) is 0 Å². The van der Waals surface area contributed by atoms with Gasteiger partial charge in [-0.25, -0.2) is 4.68 Å². The SMILES string of the molecule is Cc1ccc(Br)cc1-n1cc(CCBr)nn1. The average Bonchev–Trinajstić information content (AvgIpc) is 2.71. The first kappa shape index (κ1) is 11.8. The van der Waals surface area contributed by atoms with Crippen molar-refractivity contribution in [1.29, 1.82) is 0 Å². The van der Waals surface area contributed by atoms with Crippen molar-refractivity contribution in [2.45, 2.75) is 13.3 Å². The lowest BCUT2D eigenvalue weighted by Gasteiger charge is -2.04. The molecule has 2 aromatic rings. The van der Waals surface area contributed by atoms with Crippen LogP contribution in [-0.4, -0.2) is 20.3 Å². The predicted molar refractivity (Wildman–Crippen MR) is 71.3 cm³/mol. The largest absolute Gasteiger partial charge is 0.220 e. The number of hydrogen-bond acceptors (Lipinski definition) is 2. The molecule has 0 radical (unpaired) electrons. The Morgan fingerprint density at radius 1 is 1.38 bits per heavy atom. The molecule has 16 heavy (non-hydrogen) atoms. The number of benzene rings is 1. The summed E-state index contributed by atoms with van der Waals surface area (Å²) in [5.41, 5.74) is 3.23. The van der Waals surface area contributed by atoms with Gasteiger partial charge in [-0.1, -0.05) is 43.1 Å². The van der Waals surface area contributed by atoms with Gasteiger partial charge in [0.15, 0.2) is 0 Å². The van der Waals surface area contributed by atoms with Gasteiger partial charge in [0.2, 0.25) is 0 Å². The second-order valence-electron chi connectivity index (χ2n) is 3.52. The number of aromatic nitrogens is 3. The minimum absolute atomic E-state index is 0.896. The Morgan fingerprint density at radius 2 is 2.19 bits per heavy atom. The molecule has 0 bridgehead atoms. The Balaban J connectivity index is 2.38. The first-order valence-corrected chi connectivity index (χ1v) is 6.86. The lowest BCUT2D eigenvalue weighted by molar-refractivity contribution is 0.793. The van der Waals surface area contributed by atoms with Crippen LogP contribution in [0.1, 0.15) is 11.3 Å². The molecule has 0 spiro atoms. The van der Waals surface area contributed by atoms with Crippen molar-refractivity contribution in [2.24, 2.45) is 0 Å². The fraction of sp³-hybridized carbons (Fsp3) is 0.273. The maximum atomic E-state index is 4.13. The maximum Gasteiger partial charge on any atom is 0.0840 e. The van der Waals surface area contributed by atoms with E-state index in [-0.39, 0.29) is 0 Å². The van der Waals surface area contributed by atoms with E-state index >= 15 is 0 Å². The molecule has 5 heteroatoms. The van der Waals surface area contributed by atoms with Crippen molar-refractivity contribution in [3.8, 4) is 5.69 Å². The number of halogens is 2. The summed E-state index contributed by atoms with van der Waals surface area (Å²) in [7, 11) is 0. The molecule has 0 N–H and O–H groups in total. The molecule has 0 amide bonds. The highest BCUT2D eigenvalue weighted by Gasteiger charge is 2.05. The zero-order valence-corrected chi connectivity index (χ0v) is 12.0. The minimum Gasteiger partial charge on any atom is -0.220 e. The molecular weight excluding hydrogens is 334 g/mol. The van der Waals surface area contributed by atoms with Crippen LogP contribution in [0, 0.1) is 6.92 Å². The van der Waals surface area contributed by atoms with Crippen molar-refractivity contribution >= 4 is 31.9 Å². The number of nitrogens with zero attached hydrogens (tertiary/aromatic N) is 3. The number of hydrogen-bond donors (Lipinski definition) is 0. The molecular formula is C11H11Br2N3. The summed E-state index contributed by atoms with van der Waals surface area (Å²) >= 11 is 6.86. The number of alkyl halides is 1. The van der Waals surface area contributed by atoms with Gasteiger partial charge >= 0.3 is 0 Å². The molecule has 0 atom stereocenters. The van der Waals surface area contributed by atoms with E-state index in [1.807, 2.05) is 23.0 Å². The molecule has 1 aromatic carbocycles. The molecule has 0 aliphatic carbocycles. The van der Waals surface area contributed by atoms with E-state index in [4.69, 9.17) is 0 Å². The lowest BCUT2D eigenvalue weighted by Crippen LogP contribution is -1.97. The third-order valence-corrected chi connectivity index (χ3v) is 3.20. The Morgan fingerprint density at radius 3 is 2.94 bits per heavy atom. The van der Waals surface area contributed by atoms with Crippen LogP contribution in [0.5, 0.6) is 0 Å². The van der Waals surface area contributed by atoms with E-state index in [2.05, 4.69) is 55.2 Å². The summed E-state index contributed by atoms with van der Waals surface area (Å²) in [4.78, 5) is 0. The van der Waals surface area contributed by atoms with E-state index in [1.54, 1.807) is 0 Å². The van der Waals surface area contributed by atoms with E-state index in [9.17, 15) is 0 Å². The monoisotopic (exact) mass is 343 g/mol. The van der Waals surface area contributed by atoms with Crippen LogP contribution in [0.25, 0.3) is 5.69 Å². The molecule has 1 heterocycles. The maximum absolute atomic E-state index is 4.13. The van der Waals surface area contributed by atoms with Gasteiger partial charge in [-0.2, -0.15) is 0 Å². The van der Waals surface area contributed by atoms with Gasteiger partial charge in [0.05, 0.1) is 17.6 Å². The standard InChI is InChI=1S/C11H11Br2N3/c1-8-2-3-9(13)6-11(8)16-7-10(4-5-12)14-15-16/h2-3,6-7H,4-5H2,1H3. The molecule has 1 aromatic heterocycles. The molecule has 0 aliphatic heterocycles. The Kier molecular flexibility index (Phi) is 3.76. The fourth-order valence-electron chi connectivity index (χ4n) is 1.46. The Labute approximate surface area is 111 Å². The lowest BCUT2D eigenvalue weighted by atomic mass is 10.2. The van der Waals surface area contributed by atoms with E-state index < -0.39 is 0 Å². The quantitative estimate of drug-likeness (QED) is 0.800. The van der Waals surface area contributed by atoms with E-state index in [1.165, 1.54) is 5.56 Å². The van der Waals surface area contributed by atoms with Gasteiger partial charge in [-0.3, -0.25) is 0 Å². The highest BCUT2D eigenvalue weighted by atomic mass is 79.9. The smallest absolute Gasteiger partial charge is 0.0840 e. The third kappa shape index (κ3) is 2.52. The summed E-state index contributed by atoms with van der Waals surface area (Å²) in [6, 6.07) is 6.13. The molecule has 84 valence electrons.